The maximum Gasteiger partial charge on any atom is 0.252 e. The number of amides is 1. The molecule has 8 heteroatoms. The molecule has 1 amide bonds. The topological polar surface area (TPSA) is 120 Å². The molecule has 0 spiro atoms. The molecule has 7 nitrogen and oxygen atoms in total. The second-order valence-electron chi connectivity index (χ2n) is 5.77. The molecule has 2 aromatic carbocycles. The summed E-state index contributed by atoms with van der Waals surface area (Å²) in [6, 6.07) is 12.1. The second kappa shape index (κ2) is 7.17. The third-order valence-electron chi connectivity index (χ3n) is 4.11. The lowest BCUT2D eigenvalue weighted by Gasteiger charge is -2.18. The fraction of sp³-hybridized carbons (Fsp3) is 0.105. The van der Waals surface area contributed by atoms with E-state index >= 15 is 4.39 Å². The van der Waals surface area contributed by atoms with Crippen LogP contribution in [0.2, 0.25) is 0 Å². The van der Waals surface area contributed by atoms with E-state index in [2.05, 4.69) is 5.10 Å². The number of hydrogen-bond donors (Lipinski definition) is 2. The second-order valence-corrected chi connectivity index (χ2v) is 5.77. The molecule has 4 N–H and O–H groups in total. The van der Waals surface area contributed by atoms with Crippen molar-refractivity contribution in [2.45, 2.75) is 6.42 Å². The Morgan fingerprint density at radius 2 is 2.07 bits per heavy atom. The molecule has 3 aromatic rings. The van der Waals surface area contributed by atoms with Crippen LogP contribution in [0.25, 0.3) is 5.69 Å². The molecule has 0 bridgehead atoms. The van der Waals surface area contributed by atoms with E-state index in [0.29, 0.717) is 5.56 Å². The highest BCUT2D eigenvalue weighted by Gasteiger charge is 2.25. The number of nitriles is 1. The molecule has 1 aromatic heterocycles. The van der Waals surface area contributed by atoms with Crippen molar-refractivity contribution < 1.29 is 13.9 Å². The van der Waals surface area contributed by atoms with E-state index in [0.717, 1.165) is 16.3 Å². The van der Waals surface area contributed by atoms with Gasteiger partial charge in [-0.15, -0.1) is 0 Å². The largest absolute Gasteiger partial charge is 0.496 e. The molecule has 0 aliphatic heterocycles. The van der Waals surface area contributed by atoms with Crippen molar-refractivity contribution in [1.82, 2.24) is 9.78 Å². The van der Waals surface area contributed by atoms with E-state index in [1.54, 1.807) is 0 Å². The summed E-state index contributed by atoms with van der Waals surface area (Å²) in [5.74, 6) is -1.47. The SMILES string of the molecule is COc1c(C(N)=O)cc(F)c(-n2ncc(N)c2C#N)c1Cc1ccccc1. The van der Waals surface area contributed by atoms with E-state index in [9.17, 15) is 10.1 Å². The molecule has 3 rings (SSSR count). The Morgan fingerprint density at radius 3 is 2.67 bits per heavy atom. The summed E-state index contributed by atoms with van der Waals surface area (Å²) in [4.78, 5) is 11.8. The van der Waals surface area contributed by atoms with E-state index in [-0.39, 0.29) is 34.8 Å². The van der Waals surface area contributed by atoms with Crippen molar-refractivity contribution in [3.63, 3.8) is 0 Å². The Kier molecular flexibility index (Phi) is 4.77. The quantitative estimate of drug-likeness (QED) is 0.718. The van der Waals surface area contributed by atoms with E-state index in [4.69, 9.17) is 16.2 Å². The van der Waals surface area contributed by atoms with Gasteiger partial charge in [-0.05, 0) is 11.6 Å². The zero-order valence-corrected chi connectivity index (χ0v) is 14.4. The lowest BCUT2D eigenvalue weighted by molar-refractivity contribution is 0.0996. The first-order chi connectivity index (χ1) is 13.0. The lowest BCUT2D eigenvalue weighted by Crippen LogP contribution is -2.17. The molecule has 0 aliphatic carbocycles. The number of rotatable bonds is 5. The van der Waals surface area contributed by atoms with E-state index in [1.807, 2.05) is 36.4 Å². The average Bonchev–Trinajstić information content (AvgIpc) is 3.02. The number of anilines is 1. The van der Waals surface area contributed by atoms with Crippen molar-refractivity contribution in [1.29, 1.82) is 5.26 Å². The van der Waals surface area contributed by atoms with Gasteiger partial charge in [0, 0.05) is 12.0 Å². The number of nitrogens with two attached hydrogens (primary N) is 2. The predicted molar refractivity (Wildman–Crippen MR) is 97.0 cm³/mol. The Bertz CT molecular complexity index is 1050. The summed E-state index contributed by atoms with van der Waals surface area (Å²) in [6.45, 7) is 0. The van der Waals surface area contributed by atoms with Gasteiger partial charge in [0.05, 0.1) is 24.6 Å². The monoisotopic (exact) mass is 365 g/mol. The van der Waals surface area contributed by atoms with Crippen LogP contribution in [0.4, 0.5) is 10.1 Å². The fourth-order valence-electron chi connectivity index (χ4n) is 2.93. The smallest absolute Gasteiger partial charge is 0.252 e. The van der Waals surface area contributed by atoms with Crippen molar-refractivity contribution in [3.05, 3.63) is 70.8 Å². The molecule has 0 atom stereocenters. The van der Waals surface area contributed by atoms with Gasteiger partial charge >= 0.3 is 0 Å². The van der Waals surface area contributed by atoms with Gasteiger partial charge in [0.25, 0.3) is 5.91 Å². The summed E-state index contributed by atoms with van der Waals surface area (Å²) in [5.41, 5.74) is 12.3. The predicted octanol–water partition coefficient (Wildman–Crippen LogP) is 2.16. The zero-order chi connectivity index (χ0) is 19.6. The van der Waals surface area contributed by atoms with Crippen LogP contribution in [0.1, 0.15) is 27.2 Å². The van der Waals surface area contributed by atoms with Crippen molar-refractivity contribution in [2.24, 2.45) is 5.73 Å². The fourth-order valence-corrected chi connectivity index (χ4v) is 2.93. The minimum absolute atomic E-state index is 0.0166. The first-order valence-electron chi connectivity index (χ1n) is 7.95. The van der Waals surface area contributed by atoms with E-state index in [1.165, 1.54) is 13.3 Å². The van der Waals surface area contributed by atoms with Gasteiger partial charge in [0.2, 0.25) is 0 Å². The molecule has 27 heavy (non-hydrogen) atoms. The van der Waals surface area contributed by atoms with Crippen molar-refractivity contribution >= 4 is 11.6 Å². The Morgan fingerprint density at radius 1 is 1.37 bits per heavy atom. The normalized spacial score (nSPS) is 10.4. The number of carbonyl (C=O) groups is 1. The molecule has 0 radical (unpaired) electrons. The molecular weight excluding hydrogens is 349 g/mol. The number of methoxy groups -OCH3 is 1. The maximum absolute atomic E-state index is 15.0. The van der Waals surface area contributed by atoms with Crippen LogP contribution < -0.4 is 16.2 Å². The molecule has 0 saturated carbocycles. The van der Waals surface area contributed by atoms with Crippen LogP contribution in [-0.4, -0.2) is 22.8 Å². The van der Waals surface area contributed by atoms with Crippen LogP contribution in [-0.2, 0) is 6.42 Å². The third kappa shape index (κ3) is 3.18. The van der Waals surface area contributed by atoms with Gasteiger partial charge in [0.15, 0.2) is 5.69 Å². The number of halogens is 1. The first-order valence-corrected chi connectivity index (χ1v) is 7.95. The number of nitrogen functional groups attached to an aromatic ring is 1. The Balaban J connectivity index is 2.35. The number of hydrogen-bond acceptors (Lipinski definition) is 5. The Hall–Kier alpha value is -3.86. The molecule has 136 valence electrons. The number of ether oxygens (including phenoxy) is 1. The number of benzene rings is 2. The maximum atomic E-state index is 15.0. The first kappa shape index (κ1) is 17.9. The van der Waals surface area contributed by atoms with Crippen molar-refractivity contribution in [3.8, 4) is 17.5 Å². The lowest BCUT2D eigenvalue weighted by atomic mass is 9.98. The summed E-state index contributed by atoms with van der Waals surface area (Å²) in [6.07, 6.45) is 1.49. The van der Waals surface area contributed by atoms with Crippen LogP contribution in [0.15, 0.2) is 42.6 Å². The van der Waals surface area contributed by atoms with Gasteiger partial charge in [-0.3, -0.25) is 4.79 Å². The van der Waals surface area contributed by atoms with Crippen LogP contribution in [0, 0.1) is 17.1 Å². The highest BCUT2D eigenvalue weighted by atomic mass is 19.1. The third-order valence-corrected chi connectivity index (χ3v) is 4.11. The van der Waals surface area contributed by atoms with Crippen LogP contribution >= 0.6 is 0 Å². The highest BCUT2D eigenvalue weighted by molar-refractivity contribution is 5.96. The number of carbonyl (C=O) groups excluding carboxylic acids is 1. The zero-order valence-electron chi connectivity index (χ0n) is 14.4. The summed E-state index contributed by atoms with van der Waals surface area (Å²) in [7, 11) is 1.36. The number of aromatic nitrogens is 2. The molecule has 0 aliphatic rings. The van der Waals surface area contributed by atoms with Crippen LogP contribution in [0.3, 0.4) is 0 Å². The number of nitrogens with zero attached hydrogens (tertiary/aromatic N) is 3. The molecule has 0 fully saturated rings. The van der Waals surface area contributed by atoms with E-state index < -0.39 is 11.7 Å². The van der Waals surface area contributed by atoms with Gasteiger partial charge in [0.1, 0.15) is 23.3 Å². The minimum atomic E-state index is -0.827. The number of primary amides is 1. The summed E-state index contributed by atoms with van der Waals surface area (Å²) < 4.78 is 21.5. The van der Waals surface area contributed by atoms with Gasteiger partial charge in [-0.25, -0.2) is 9.07 Å². The average molecular weight is 365 g/mol. The molecular formula is C19H16FN5O2. The highest BCUT2D eigenvalue weighted by Crippen LogP contribution is 2.35. The molecule has 1 heterocycles. The standard InChI is InChI=1S/C19H16FN5O2/c1-27-18-12(7-11-5-3-2-4-6-11)17(14(20)8-13(18)19(23)26)25-16(9-21)15(22)10-24-25/h2-6,8,10H,7,22H2,1H3,(H2,23,26). The minimum Gasteiger partial charge on any atom is -0.496 e. The van der Waals surface area contributed by atoms with Gasteiger partial charge < -0.3 is 16.2 Å². The Labute approximate surface area is 154 Å². The van der Waals surface area contributed by atoms with Gasteiger partial charge in [-0.1, -0.05) is 30.3 Å². The summed E-state index contributed by atoms with van der Waals surface area (Å²) in [5, 5.41) is 13.4. The molecule has 0 unspecified atom stereocenters. The van der Waals surface area contributed by atoms with Crippen LogP contribution in [0.5, 0.6) is 5.75 Å². The summed E-state index contributed by atoms with van der Waals surface area (Å²) >= 11 is 0. The van der Waals surface area contributed by atoms with Gasteiger partial charge in [-0.2, -0.15) is 10.4 Å². The van der Waals surface area contributed by atoms with Crippen molar-refractivity contribution in [2.75, 3.05) is 12.8 Å². The molecule has 0 saturated heterocycles.